The molecule has 0 saturated heterocycles. The minimum atomic E-state index is 0.243. The van der Waals surface area contributed by atoms with Crippen LogP contribution in [-0.2, 0) is 11.8 Å². The Morgan fingerprint density at radius 1 is 1.21 bits per heavy atom. The maximum atomic E-state index is 5.30. The molecule has 2 N–H and O–H groups in total. The molecule has 0 heterocycles. The molecular weight excluding hydrogens is 234 g/mol. The normalized spacial score (nSPS) is 18.9. The fraction of sp³-hybridized carbons (Fsp3) is 0.647. The van der Waals surface area contributed by atoms with E-state index in [2.05, 4.69) is 45.9 Å². The van der Waals surface area contributed by atoms with Crippen LogP contribution in [0.1, 0.15) is 52.2 Å². The second-order valence-electron chi connectivity index (χ2n) is 6.44. The monoisotopic (exact) mass is 263 g/mol. The third-order valence-corrected chi connectivity index (χ3v) is 4.70. The van der Waals surface area contributed by atoms with Crippen LogP contribution in [-0.4, -0.2) is 13.7 Å². The first-order valence-corrected chi connectivity index (χ1v) is 7.17. The molecule has 0 aromatic heterocycles. The van der Waals surface area contributed by atoms with Crippen LogP contribution < -0.4 is 10.5 Å². The van der Waals surface area contributed by atoms with Gasteiger partial charge in [-0.25, -0.2) is 0 Å². The molecule has 1 aliphatic rings. The van der Waals surface area contributed by atoms with E-state index in [1.165, 1.54) is 24.0 Å². The maximum absolute atomic E-state index is 5.30. The summed E-state index contributed by atoms with van der Waals surface area (Å²) in [4.78, 5) is 0. The zero-order valence-corrected chi connectivity index (χ0v) is 13.3. The van der Waals surface area contributed by atoms with Gasteiger partial charge in [0.15, 0.2) is 0 Å². The molecule has 1 aromatic rings. The van der Waals surface area contributed by atoms with E-state index in [0.29, 0.717) is 5.41 Å². The van der Waals surface area contributed by atoms with E-state index in [0.717, 1.165) is 12.3 Å². The molecule has 0 unspecified atom stereocenters. The Bertz CT molecular complexity index is 421. The van der Waals surface area contributed by atoms with Crippen molar-refractivity contribution in [3.05, 3.63) is 29.3 Å². The van der Waals surface area contributed by atoms with Crippen LogP contribution >= 0.6 is 0 Å². The maximum Gasteiger partial charge on any atom is 0.119 e. The summed E-state index contributed by atoms with van der Waals surface area (Å²) >= 11 is 0. The molecule has 0 atom stereocenters. The van der Waals surface area contributed by atoms with E-state index >= 15 is 0 Å². The minimum Gasteiger partial charge on any atom is -0.497 e. The van der Waals surface area contributed by atoms with Gasteiger partial charge in [-0.15, -0.1) is 0 Å². The number of nitrogens with two attached hydrogens (primary N) is 1. The molecule has 19 heavy (non-hydrogen) atoms. The molecule has 1 aliphatic carbocycles. The molecule has 2 nitrogen and oxygen atoms in total. The summed E-state index contributed by atoms with van der Waals surface area (Å²) in [6, 6.07) is 6.53. The largest absolute Gasteiger partial charge is 0.497 e. The number of hydrogen-bond acceptors (Lipinski definition) is 2. The summed E-state index contributed by atoms with van der Waals surface area (Å²) < 4.78 is 5.30. The van der Waals surface area contributed by atoms with Crippen LogP contribution in [0.4, 0.5) is 0 Å². The van der Waals surface area contributed by atoms with Gasteiger partial charge in [0.25, 0.3) is 0 Å². The zero-order chi connectivity index (χ0) is 14.7. The zero-order valence-electron chi connectivity index (χ0n) is 13.3. The van der Waals surface area contributed by atoms with Crippen molar-refractivity contribution in [2.45, 2.75) is 52.9 Å². The van der Waals surface area contributed by atoms with Crippen LogP contribution in [0.2, 0.25) is 0 Å². The van der Waals surface area contributed by atoms with Crippen molar-refractivity contribution in [3.8, 4) is 5.75 Å². The molecule has 0 spiro atoms. The molecule has 2 heteroatoms. The lowest BCUT2D eigenvalue weighted by atomic mass is 9.57. The summed E-state index contributed by atoms with van der Waals surface area (Å²) in [6.07, 6.45) is 2.42. The Morgan fingerprint density at radius 3 is 2.32 bits per heavy atom. The summed E-state index contributed by atoms with van der Waals surface area (Å²) in [6.45, 7) is 12.1. The van der Waals surface area contributed by atoms with Crippen LogP contribution in [0.5, 0.6) is 5.75 Å². The molecule has 0 bridgehead atoms. The van der Waals surface area contributed by atoms with Crippen molar-refractivity contribution in [2.24, 2.45) is 11.1 Å². The first-order chi connectivity index (χ1) is 8.80. The van der Waals surface area contributed by atoms with Crippen LogP contribution in [0, 0.1) is 5.41 Å². The molecule has 0 amide bonds. The predicted molar refractivity (Wildman–Crippen MR) is 82.9 cm³/mol. The Balaban J connectivity index is 0.000000550. The molecule has 108 valence electrons. The molecule has 0 saturated carbocycles. The third-order valence-electron chi connectivity index (χ3n) is 4.70. The highest BCUT2D eigenvalue weighted by Crippen LogP contribution is 2.49. The summed E-state index contributed by atoms with van der Waals surface area (Å²) in [5.74, 6) is 0.981. The Labute approximate surface area is 118 Å². The quantitative estimate of drug-likeness (QED) is 0.833. The fourth-order valence-electron chi connectivity index (χ4n) is 2.64. The Kier molecular flexibility index (Phi) is 5.03. The number of fused-ring (bicyclic) bond motifs is 1. The number of methoxy groups -OCH3 is 1. The lowest BCUT2D eigenvalue weighted by molar-refractivity contribution is 0.165. The van der Waals surface area contributed by atoms with Crippen molar-refractivity contribution < 1.29 is 4.74 Å². The lowest BCUT2D eigenvalue weighted by Crippen LogP contribution is -2.40. The number of benzene rings is 1. The van der Waals surface area contributed by atoms with Crippen LogP contribution in [0.25, 0.3) is 0 Å². The average molecular weight is 263 g/mol. The third kappa shape index (κ3) is 3.11. The Hall–Kier alpha value is -1.02. The van der Waals surface area contributed by atoms with Crippen molar-refractivity contribution in [1.82, 2.24) is 0 Å². The number of rotatable bonds is 1. The van der Waals surface area contributed by atoms with Gasteiger partial charge in [0.2, 0.25) is 0 Å². The standard InChI is InChI=1S/C15H22O.C2H7N/c1-14(2)9-8-11-10-12(16-5)6-7-13(11)15(14,3)4;1-2-3/h6-7,10H,8-9H2,1-5H3;2-3H2,1H3. The molecule has 0 radical (unpaired) electrons. The number of ether oxygens (including phenoxy) is 1. The highest BCUT2D eigenvalue weighted by atomic mass is 16.5. The van der Waals surface area contributed by atoms with Gasteiger partial charge in [-0.2, -0.15) is 0 Å². The first kappa shape index (κ1) is 16.0. The molecule has 0 aliphatic heterocycles. The topological polar surface area (TPSA) is 35.2 Å². The van der Waals surface area contributed by atoms with E-state index < -0.39 is 0 Å². The van der Waals surface area contributed by atoms with Gasteiger partial charge >= 0.3 is 0 Å². The van der Waals surface area contributed by atoms with Gasteiger partial charge < -0.3 is 10.5 Å². The van der Waals surface area contributed by atoms with Crippen LogP contribution in [0.3, 0.4) is 0 Å². The van der Waals surface area contributed by atoms with Crippen LogP contribution in [0.15, 0.2) is 18.2 Å². The number of aryl methyl sites for hydroxylation is 1. The van der Waals surface area contributed by atoms with E-state index in [1.807, 2.05) is 6.92 Å². The fourth-order valence-corrected chi connectivity index (χ4v) is 2.64. The minimum absolute atomic E-state index is 0.243. The van der Waals surface area contributed by atoms with Crippen molar-refractivity contribution in [2.75, 3.05) is 13.7 Å². The van der Waals surface area contributed by atoms with Gasteiger partial charge in [-0.05, 0) is 53.5 Å². The van der Waals surface area contributed by atoms with Crippen molar-refractivity contribution >= 4 is 0 Å². The van der Waals surface area contributed by atoms with E-state index in [9.17, 15) is 0 Å². The SMILES string of the molecule is CCN.COc1ccc2c(c1)CCC(C)(C)C2(C)C. The van der Waals surface area contributed by atoms with Gasteiger partial charge in [-0.1, -0.05) is 40.7 Å². The van der Waals surface area contributed by atoms with Gasteiger partial charge in [-0.3, -0.25) is 0 Å². The number of hydrogen-bond donors (Lipinski definition) is 1. The van der Waals surface area contributed by atoms with Crippen molar-refractivity contribution in [3.63, 3.8) is 0 Å². The van der Waals surface area contributed by atoms with Gasteiger partial charge in [0.05, 0.1) is 7.11 Å². The van der Waals surface area contributed by atoms with E-state index in [-0.39, 0.29) is 5.41 Å². The molecule has 1 aromatic carbocycles. The average Bonchev–Trinajstić information content (AvgIpc) is 2.35. The predicted octanol–water partition coefficient (Wildman–Crippen LogP) is 3.91. The van der Waals surface area contributed by atoms with Crippen molar-refractivity contribution in [1.29, 1.82) is 0 Å². The van der Waals surface area contributed by atoms with Gasteiger partial charge in [0, 0.05) is 0 Å². The van der Waals surface area contributed by atoms with E-state index in [1.54, 1.807) is 7.11 Å². The summed E-state index contributed by atoms with van der Waals surface area (Å²) in [7, 11) is 1.74. The van der Waals surface area contributed by atoms with E-state index in [4.69, 9.17) is 10.5 Å². The highest BCUT2D eigenvalue weighted by Gasteiger charge is 2.42. The summed E-state index contributed by atoms with van der Waals surface area (Å²) in [5, 5.41) is 0. The van der Waals surface area contributed by atoms with Gasteiger partial charge in [0.1, 0.15) is 5.75 Å². The second-order valence-corrected chi connectivity index (χ2v) is 6.44. The molecule has 0 fully saturated rings. The summed E-state index contributed by atoms with van der Waals surface area (Å²) in [5.41, 5.74) is 8.41. The lowest BCUT2D eigenvalue weighted by Gasteiger charge is -2.47. The molecular formula is C17H29NO. The first-order valence-electron chi connectivity index (χ1n) is 7.17. The smallest absolute Gasteiger partial charge is 0.119 e. The second kappa shape index (κ2) is 5.96. The highest BCUT2D eigenvalue weighted by molar-refractivity contribution is 5.42. The molecule has 2 rings (SSSR count). The Morgan fingerprint density at radius 2 is 1.79 bits per heavy atom.